The van der Waals surface area contributed by atoms with E-state index in [2.05, 4.69) is 75.7 Å². The van der Waals surface area contributed by atoms with Crippen molar-refractivity contribution in [1.29, 1.82) is 0 Å². The number of thiophene rings is 1. The lowest BCUT2D eigenvalue weighted by atomic mass is 9.83. The van der Waals surface area contributed by atoms with Gasteiger partial charge in [0.25, 0.3) is 0 Å². The Labute approximate surface area is 202 Å². The summed E-state index contributed by atoms with van der Waals surface area (Å²) in [5.74, 6) is 2.89. The Bertz CT molecular complexity index is 811. The summed E-state index contributed by atoms with van der Waals surface area (Å²) in [4.78, 5) is 1.29. The van der Waals surface area contributed by atoms with Crippen LogP contribution >= 0.6 is 23.1 Å². The lowest BCUT2D eigenvalue weighted by Gasteiger charge is -2.22. The molecule has 0 saturated carbocycles. The summed E-state index contributed by atoms with van der Waals surface area (Å²) in [6, 6.07) is 10.8. The third kappa shape index (κ3) is 7.95. The van der Waals surface area contributed by atoms with Gasteiger partial charge in [-0.2, -0.15) is 11.3 Å². The van der Waals surface area contributed by atoms with Crippen LogP contribution in [-0.2, 0) is 9.47 Å². The van der Waals surface area contributed by atoms with Gasteiger partial charge in [-0.05, 0) is 53.0 Å². The monoisotopic (exact) mass is 474 g/mol. The predicted octanol–water partition coefficient (Wildman–Crippen LogP) is 7.57. The van der Waals surface area contributed by atoms with Gasteiger partial charge in [0.05, 0.1) is 13.2 Å². The van der Waals surface area contributed by atoms with Crippen molar-refractivity contribution in [3.63, 3.8) is 0 Å². The molecule has 5 heteroatoms. The fourth-order valence-electron chi connectivity index (χ4n) is 4.09. The summed E-state index contributed by atoms with van der Waals surface area (Å²) in [6.45, 7) is 13.5. The zero-order valence-corrected chi connectivity index (χ0v) is 21.8. The molecule has 0 radical (unpaired) electrons. The number of rotatable bonds is 14. The summed E-state index contributed by atoms with van der Waals surface area (Å²) in [6.07, 6.45) is 2.57. The number of hydrogen-bond donors (Lipinski definition) is 0. The third-order valence-corrected chi connectivity index (χ3v) is 7.54. The second kappa shape index (κ2) is 12.8. The molecule has 0 aliphatic carbocycles. The third-order valence-electron chi connectivity index (χ3n) is 5.58. The van der Waals surface area contributed by atoms with E-state index in [0.29, 0.717) is 25.0 Å². The van der Waals surface area contributed by atoms with Crippen LogP contribution in [0.2, 0.25) is 0 Å². The first-order valence-electron chi connectivity index (χ1n) is 11.8. The van der Waals surface area contributed by atoms with E-state index >= 15 is 0 Å². The Morgan fingerprint density at radius 2 is 1.84 bits per heavy atom. The van der Waals surface area contributed by atoms with Crippen LogP contribution in [0.1, 0.15) is 53.0 Å². The highest BCUT2D eigenvalue weighted by Crippen LogP contribution is 2.33. The van der Waals surface area contributed by atoms with Gasteiger partial charge in [0, 0.05) is 16.0 Å². The zero-order valence-electron chi connectivity index (χ0n) is 20.1. The van der Waals surface area contributed by atoms with Crippen molar-refractivity contribution in [3.8, 4) is 5.75 Å². The standard InChI is InChI=1S/C27H38O3S2/c1-6-7-26(27(19(2)3)20(4)5)21-8-10-22(11-9-21)28-16-24(30-15-23-14-29-23)17-32-25-12-13-31-18-25/h8-13,18-20,23-24H,6-7,14-17H2,1-5H3. The van der Waals surface area contributed by atoms with Gasteiger partial charge in [-0.1, -0.05) is 58.7 Å². The molecule has 2 unspecified atom stereocenters. The molecule has 1 aliphatic heterocycles. The number of ether oxygens (including phenoxy) is 3. The Kier molecular flexibility index (Phi) is 10.2. The van der Waals surface area contributed by atoms with Crippen molar-refractivity contribution in [3.05, 3.63) is 52.2 Å². The molecule has 176 valence electrons. The van der Waals surface area contributed by atoms with Crippen LogP contribution in [0.5, 0.6) is 5.75 Å². The number of benzene rings is 1. The highest BCUT2D eigenvalue weighted by Gasteiger charge is 2.25. The summed E-state index contributed by atoms with van der Waals surface area (Å²) in [5, 5.41) is 4.29. The predicted molar refractivity (Wildman–Crippen MR) is 138 cm³/mol. The van der Waals surface area contributed by atoms with Crippen LogP contribution in [0.15, 0.2) is 51.6 Å². The topological polar surface area (TPSA) is 31.0 Å². The maximum Gasteiger partial charge on any atom is 0.119 e. The van der Waals surface area contributed by atoms with Crippen molar-refractivity contribution in [2.45, 2.75) is 64.6 Å². The second-order valence-electron chi connectivity index (χ2n) is 9.01. The second-order valence-corrected chi connectivity index (χ2v) is 10.9. The molecule has 1 saturated heterocycles. The Hall–Kier alpha value is -1.27. The van der Waals surface area contributed by atoms with Gasteiger partial charge < -0.3 is 14.2 Å². The van der Waals surface area contributed by atoms with E-state index in [0.717, 1.165) is 31.0 Å². The fourth-order valence-corrected chi connectivity index (χ4v) is 5.86. The molecule has 1 fully saturated rings. The molecule has 2 heterocycles. The number of allylic oxidation sites excluding steroid dienone is 2. The molecule has 0 spiro atoms. The molecule has 2 aromatic rings. The van der Waals surface area contributed by atoms with Gasteiger partial charge in [-0.25, -0.2) is 0 Å². The molecule has 0 amide bonds. The van der Waals surface area contributed by atoms with E-state index in [1.807, 2.05) is 11.8 Å². The van der Waals surface area contributed by atoms with E-state index in [-0.39, 0.29) is 12.2 Å². The quantitative estimate of drug-likeness (QED) is 0.209. The molecule has 1 aromatic carbocycles. The number of hydrogen-bond acceptors (Lipinski definition) is 5. The van der Waals surface area contributed by atoms with Gasteiger partial charge >= 0.3 is 0 Å². The minimum Gasteiger partial charge on any atom is -0.491 e. The SMILES string of the molecule is CCCC(=C(C(C)C)C(C)C)c1ccc(OCC(CSc2ccsc2)OCC2CO2)cc1. The van der Waals surface area contributed by atoms with Gasteiger partial charge in [-0.3, -0.25) is 0 Å². The number of epoxide rings is 1. The van der Waals surface area contributed by atoms with Crippen LogP contribution in [0.4, 0.5) is 0 Å². The van der Waals surface area contributed by atoms with Gasteiger partial charge in [0.15, 0.2) is 0 Å². The van der Waals surface area contributed by atoms with Crippen molar-refractivity contribution < 1.29 is 14.2 Å². The van der Waals surface area contributed by atoms with E-state index < -0.39 is 0 Å². The Morgan fingerprint density at radius 1 is 1.12 bits per heavy atom. The lowest BCUT2D eigenvalue weighted by molar-refractivity contribution is 0.0270. The maximum atomic E-state index is 6.15. The van der Waals surface area contributed by atoms with Crippen LogP contribution in [-0.4, -0.2) is 37.8 Å². The van der Waals surface area contributed by atoms with Crippen molar-refractivity contribution >= 4 is 28.7 Å². The van der Waals surface area contributed by atoms with E-state index in [4.69, 9.17) is 14.2 Å². The van der Waals surface area contributed by atoms with Gasteiger partial charge in [-0.15, -0.1) is 11.8 Å². The highest BCUT2D eigenvalue weighted by atomic mass is 32.2. The number of thioether (sulfide) groups is 1. The van der Waals surface area contributed by atoms with Crippen LogP contribution < -0.4 is 4.74 Å². The van der Waals surface area contributed by atoms with Crippen LogP contribution in [0.3, 0.4) is 0 Å². The average molecular weight is 475 g/mol. The summed E-state index contributed by atoms with van der Waals surface area (Å²) >= 11 is 3.55. The molecule has 2 atom stereocenters. The smallest absolute Gasteiger partial charge is 0.119 e. The normalized spacial score (nSPS) is 16.4. The molecule has 1 aliphatic rings. The summed E-state index contributed by atoms with van der Waals surface area (Å²) in [7, 11) is 0. The van der Waals surface area contributed by atoms with Crippen molar-refractivity contribution in [2.75, 3.05) is 25.6 Å². The largest absolute Gasteiger partial charge is 0.491 e. The molecule has 1 aromatic heterocycles. The first kappa shape index (κ1) is 25.4. The molecule has 32 heavy (non-hydrogen) atoms. The zero-order chi connectivity index (χ0) is 22.9. The first-order valence-corrected chi connectivity index (χ1v) is 13.7. The summed E-state index contributed by atoms with van der Waals surface area (Å²) < 4.78 is 17.5. The van der Waals surface area contributed by atoms with E-state index in [1.165, 1.54) is 16.0 Å². The summed E-state index contributed by atoms with van der Waals surface area (Å²) in [5.41, 5.74) is 4.40. The first-order chi connectivity index (χ1) is 15.5. The fraction of sp³-hybridized carbons (Fsp3) is 0.556. The van der Waals surface area contributed by atoms with Crippen LogP contribution in [0.25, 0.3) is 5.57 Å². The van der Waals surface area contributed by atoms with E-state index in [1.54, 1.807) is 16.9 Å². The van der Waals surface area contributed by atoms with Crippen molar-refractivity contribution in [2.24, 2.45) is 11.8 Å². The minimum atomic E-state index is 0.0350. The van der Waals surface area contributed by atoms with E-state index in [9.17, 15) is 0 Å². The van der Waals surface area contributed by atoms with Crippen LogP contribution in [0, 0.1) is 11.8 Å². The lowest BCUT2D eigenvalue weighted by Crippen LogP contribution is -2.26. The average Bonchev–Trinajstić information content (AvgIpc) is 3.45. The minimum absolute atomic E-state index is 0.0350. The molecule has 3 rings (SSSR count). The molecular formula is C27H38O3S2. The van der Waals surface area contributed by atoms with Crippen molar-refractivity contribution in [1.82, 2.24) is 0 Å². The molecule has 0 bridgehead atoms. The van der Waals surface area contributed by atoms with Gasteiger partial charge in [0.2, 0.25) is 0 Å². The van der Waals surface area contributed by atoms with Gasteiger partial charge in [0.1, 0.15) is 24.6 Å². The molecule has 3 nitrogen and oxygen atoms in total. The Balaban J connectivity index is 1.63. The maximum absolute atomic E-state index is 6.15. The molecular weight excluding hydrogens is 436 g/mol. The molecule has 0 N–H and O–H groups in total. The highest BCUT2D eigenvalue weighted by molar-refractivity contribution is 7.99. The Morgan fingerprint density at radius 3 is 2.41 bits per heavy atom.